The van der Waals surface area contributed by atoms with Crippen molar-refractivity contribution in [3.05, 3.63) is 46.2 Å². The van der Waals surface area contributed by atoms with E-state index in [9.17, 15) is 13.5 Å². The number of sulfonamides is 1. The fourth-order valence-corrected chi connectivity index (χ4v) is 3.68. The number of aliphatic hydroxyl groups excluding tert-OH is 1. The SMILES string of the molecule is COc1ccc(S(=O)(=O)NCCc2cccs2)cc1CO. The van der Waals surface area contributed by atoms with Crippen molar-refractivity contribution in [3.63, 3.8) is 0 Å². The van der Waals surface area contributed by atoms with Crippen molar-refractivity contribution >= 4 is 21.4 Å². The molecular weight excluding hydrogens is 310 g/mol. The molecule has 0 saturated heterocycles. The Morgan fingerprint density at radius 1 is 1.33 bits per heavy atom. The zero-order valence-electron chi connectivity index (χ0n) is 11.6. The van der Waals surface area contributed by atoms with Gasteiger partial charge in [0.15, 0.2) is 0 Å². The summed E-state index contributed by atoms with van der Waals surface area (Å²) in [7, 11) is -2.11. The lowest BCUT2D eigenvalue weighted by Crippen LogP contribution is -2.26. The van der Waals surface area contributed by atoms with Crippen molar-refractivity contribution in [2.24, 2.45) is 0 Å². The normalized spacial score (nSPS) is 11.5. The second-order valence-corrected chi connectivity index (χ2v) is 7.16. The largest absolute Gasteiger partial charge is 0.496 e. The fourth-order valence-electron chi connectivity index (χ4n) is 1.89. The lowest BCUT2D eigenvalue weighted by atomic mass is 10.2. The highest BCUT2D eigenvalue weighted by Crippen LogP contribution is 2.22. The summed E-state index contributed by atoms with van der Waals surface area (Å²) in [5.41, 5.74) is 0.443. The van der Waals surface area contributed by atoms with Crippen molar-refractivity contribution in [3.8, 4) is 5.75 Å². The van der Waals surface area contributed by atoms with E-state index in [-0.39, 0.29) is 11.5 Å². The van der Waals surface area contributed by atoms with Gasteiger partial charge < -0.3 is 9.84 Å². The van der Waals surface area contributed by atoms with Crippen LogP contribution in [-0.4, -0.2) is 27.2 Å². The van der Waals surface area contributed by atoms with E-state index in [0.29, 0.717) is 24.3 Å². The molecular formula is C14H17NO4S2. The lowest BCUT2D eigenvalue weighted by Gasteiger charge is -2.10. The Morgan fingerprint density at radius 2 is 2.14 bits per heavy atom. The predicted octanol–water partition coefficient (Wildman–Crippen LogP) is 1.77. The summed E-state index contributed by atoms with van der Waals surface area (Å²) < 4.78 is 32.0. The van der Waals surface area contributed by atoms with Crippen LogP contribution < -0.4 is 9.46 Å². The second-order valence-electron chi connectivity index (χ2n) is 4.36. The Morgan fingerprint density at radius 3 is 2.76 bits per heavy atom. The first kappa shape index (κ1) is 16.0. The third-order valence-electron chi connectivity index (χ3n) is 2.98. The number of hydrogen-bond donors (Lipinski definition) is 2. The van der Waals surface area contributed by atoms with Gasteiger partial charge in [-0.15, -0.1) is 11.3 Å². The molecule has 7 heteroatoms. The van der Waals surface area contributed by atoms with Gasteiger partial charge in [-0.05, 0) is 36.1 Å². The number of methoxy groups -OCH3 is 1. The summed E-state index contributed by atoms with van der Waals surface area (Å²) in [5.74, 6) is 0.468. The van der Waals surface area contributed by atoms with E-state index < -0.39 is 10.0 Å². The molecule has 1 heterocycles. The molecule has 0 fully saturated rings. The first-order valence-corrected chi connectivity index (χ1v) is 8.73. The van der Waals surface area contributed by atoms with Crippen LogP contribution in [-0.2, 0) is 23.1 Å². The van der Waals surface area contributed by atoms with Crippen LogP contribution in [0, 0.1) is 0 Å². The number of thiophene rings is 1. The van der Waals surface area contributed by atoms with Crippen molar-refractivity contribution in [2.45, 2.75) is 17.9 Å². The summed E-state index contributed by atoms with van der Waals surface area (Å²) in [6, 6.07) is 8.33. The van der Waals surface area contributed by atoms with E-state index >= 15 is 0 Å². The maximum absolute atomic E-state index is 12.2. The molecule has 1 aromatic carbocycles. The number of benzene rings is 1. The zero-order chi connectivity index (χ0) is 15.3. The summed E-state index contributed by atoms with van der Waals surface area (Å²) in [6.45, 7) is 0.0606. The van der Waals surface area contributed by atoms with Gasteiger partial charge in [0.2, 0.25) is 10.0 Å². The van der Waals surface area contributed by atoms with Crippen molar-refractivity contribution in [1.82, 2.24) is 4.72 Å². The number of rotatable bonds is 7. The minimum Gasteiger partial charge on any atom is -0.496 e. The molecule has 0 aliphatic carbocycles. The minimum absolute atomic E-state index is 0.124. The summed E-state index contributed by atoms with van der Waals surface area (Å²) in [6.07, 6.45) is 0.653. The van der Waals surface area contributed by atoms with Crippen LogP contribution >= 0.6 is 11.3 Å². The summed E-state index contributed by atoms with van der Waals surface area (Å²) >= 11 is 1.60. The molecule has 0 aliphatic rings. The Balaban J connectivity index is 2.08. The van der Waals surface area contributed by atoms with Gasteiger partial charge in [-0.2, -0.15) is 0 Å². The van der Waals surface area contributed by atoms with E-state index in [1.165, 1.54) is 19.2 Å². The topological polar surface area (TPSA) is 75.6 Å². The van der Waals surface area contributed by atoms with Crippen molar-refractivity contribution in [1.29, 1.82) is 0 Å². The first-order valence-electron chi connectivity index (χ1n) is 6.36. The Kier molecular flexibility index (Phi) is 5.35. The van der Waals surface area contributed by atoms with Crippen LogP contribution in [0.3, 0.4) is 0 Å². The highest BCUT2D eigenvalue weighted by atomic mass is 32.2. The van der Waals surface area contributed by atoms with Gasteiger partial charge >= 0.3 is 0 Å². The molecule has 0 amide bonds. The van der Waals surface area contributed by atoms with Crippen LogP contribution in [0.25, 0.3) is 0 Å². The molecule has 114 valence electrons. The van der Waals surface area contributed by atoms with E-state index in [4.69, 9.17) is 4.74 Å². The molecule has 0 bridgehead atoms. The molecule has 0 atom stereocenters. The van der Waals surface area contributed by atoms with Crippen LogP contribution in [0.1, 0.15) is 10.4 Å². The third-order valence-corrected chi connectivity index (χ3v) is 5.37. The smallest absolute Gasteiger partial charge is 0.240 e. The van der Waals surface area contributed by atoms with Gasteiger partial charge in [0.05, 0.1) is 18.6 Å². The van der Waals surface area contributed by atoms with Gasteiger partial charge in [-0.25, -0.2) is 13.1 Å². The molecule has 5 nitrogen and oxygen atoms in total. The Labute approximate surface area is 128 Å². The van der Waals surface area contributed by atoms with Gasteiger partial charge in [0.1, 0.15) is 5.75 Å². The molecule has 21 heavy (non-hydrogen) atoms. The number of aliphatic hydroxyl groups is 1. The van der Waals surface area contributed by atoms with E-state index in [1.54, 1.807) is 17.4 Å². The van der Waals surface area contributed by atoms with Crippen LogP contribution in [0.15, 0.2) is 40.6 Å². The van der Waals surface area contributed by atoms with Crippen LogP contribution in [0.4, 0.5) is 0 Å². The number of ether oxygens (including phenoxy) is 1. The fraction of sp³-hybridized carbons (Fsp3) is 0.286. The molecule has 1 aromatic heterocycles. The van der Waals surface area contributed by atoms with Crippen molar-refractivity contribution in [2.75, 3.05) is 13.7 Å². The maximum Gasteiger partial charge on any atom is 0.240 e. The van der Waals surface area contributed by atoms with Gasteiger partial charge in [0.25, 0.3) is 0 Å². The van der Waals surface area contributed by atoms with E-state index in [1.807, 2.05) is 17.5 Å². The molecule has 0 aliphatic heterocycles. The second kappa shape index (κ2) is 7.04. The molecule has 2 aromatic rings. The highest BCUT2D eigenvalue weighted by molar-refractivity contribution is 7.89. The van der Waals surface area contributed by atoms with Crippen molar-refractivity contribution < 1.29 is 18.3 Å². The van der Waals surface area contributed by atoms with Crippen LogP contribution in [0.2, 0.25) is 0 Å². The number of hydrogen-bond acceptors (Lipinski definition) is 5. The molecule has 0 unspecified atom stereocenters. The molecule has 0 saturated carbocycles. The number of nitrogens with one attached hydrogen (secondary N) is 1. The molecule has 2 N–H and O–H groups in total. The molecule has 2 rings (SSSR count). The Hall–Kier alpha value is -1.41. The average molecular weight is 327 g/mol. The lowest BCUT2D eigenvalue weighted by molar-refractivity contribution is 0.273. The van der Waals surface area contributed by atoms with Gasteiger partial charge in [-0.1, -0.05) is 6.07 Å². The van der Waals surface area contributed by atoms with E-state index in [2.05, 4.69) is 4.72 Å². The minimum atomic E-state index is -3.58. The highest BCUT2D eigenvalue weighted by Gasteiger charge is 2.15. The maximum atomic E-state index is 12.2. The van der Waals surface area contributed by atoms with Crippen LogP contribution in [0.5, 0.6) is 5.75 Å². The Bertz CT molecular complexity index is 681. The summed E-state index contributed by atoms with van der Waals surface area (Å²) in [5, 5.41) is 11.2. The standard InChI is InChI=1S/C14H17NO4S2/c1-19-14-5-4-13(9-11(14)10-16)21(17,18)15-7-6-12-3-2-8-20-12/h2-5,8-9,15-16H,6-7,10H2,1H3. The first-order chi connectivity index (χ1) is 10.1. The quantitative estimate of drug-likeness (QED) is 0.813. The third kappa shape index (κ3) is 4.04. The zero-order valence-corrected chi connectivity index (χ0v) is 13.2. The predicted molar refractivity (Wildman–Crippen MR) is 82.1 cm³/mol. The molecule has 0 spiro atoms. The summed E-state index contributed by atoms with van der Waals surface area (Å²) in [4.78, 5) is 1.25. The molecule has 0 radical (unpaired) electrons. The van der Waals surface area contributed by atoms with Gasteiger partial charge in [-0.3, -0.25) is 0 Å². The van der Waals surface area contributed by atoms with E-state index in [0.717, 1.165) is 4.88 Å². The average Bonchev–Trinajstić information content (AvgIpc) is 2.99. The van der Waals surface area contributed by atoms with Gasteiger partial charge in [0, 0.05) is 17.0 Å². The monoisotopic (exact) mass is 327 g/mol.